The molecule has 2 aromatic rings. The monoisotopic (exact) mass is 307 g/mol. The minimum atomic E-state index is -4.01. The molecule has 0 atom stereocenters. The summed E-state index contributed by atoms with van der Waals surface area (Å²) in [4.78, 5) is 0.0165. The Bertz CT molecular complexity index is 741. The molecular formula is C14H13NO5S. The first kappa shape index (κ1) is 14.9. The Morgan fingerprint density at radius 3 is 2.43 bits per heavy atom. The molecule has 0 saturated heterocycles. The number of rotatable bonds is 5. The van der Waals surface area contributed by atoms with Crippen molar-refractivity contribution >= 4 is 16.3 Å². The second kappa shape index (κ2) is 6.27. The van der Waals surface area contributed by atoms with Crippen molar-refractivity contribution in [3.8, 4) is 11.5 Å². The number of hydrogen-bond acceptors (Lipinski definition) is 6. The molecule has 0 bridgehead atoms. The average molecular weight is 307 g/mol. The summed E-state index contributed by atoms with van der Waals surface area (Å²) in [6.07, 6.45) is 1.07. The van der Waals surface area contributed by atoms with Gasteiger partial charge in [0.2, 0.25) is 0 Å². The van der Waals surface area contributed by atoms with Crippen LogP contribution < -0.4 is 8.92 Å². The highest BCUT2D eigenvalue weighted by Crippen LogP contribution is 2.32. The summed E-state index contributed by atoms with van der Waals surface area (Å²) < 4.78 is 34.7. The second-order valence-electron chi connectivity index (χ2n) is 3.97. The van der Waals surface area contributed by atoms with Gasteiger partial charge in [0.25, 0.3) is 0 Å². The van der Waals surface area contributed by atoms with Crippen LogP contribution in [0, 0.1) is 0 Å². The molecule has 110 valence electrons. The first-order valence-electron chi connectivity index (χ1n) is 5.92. The van der Waals surface area contributed by atoms with Crippen molar-refractivity contribution < 1.29 is 22.5 Å². The second-order valence-corrected chi connectivity index (χ2v) is 5.52. The fourth-order valence-electron chi connectivity index (χ4n) is 1.69. The minimum absolute atomic E-state index is 0.0165. The van der Waals surface area contributed by atoms with E-state index < -0.39 is 10.1 Å². The minimum Gasteiger partial charge on any atom is -0.493 e. The number of hydrogen-bond donors (Lipinski definition) is 1. The number of ether oxygens (including phenoxy) is 1. The van der Waals surface area contributed by atoms with E-state index in [0.29, 0.717) is 0 Å². The number of oxime groups is 1. The zero-order chi connectivity index (χ0) is 15.3. The standard InChI is InChI=1S/C14H13NO5S/c1-19-13-9-5-6-11(10-15-16)14(13)20-21(17,18)12-7-3-2-4-8-12/h2-10,16H,1H3/b15-10-. The Balaban J connectivity index is 2.48. The van der Waals surface area contributed by atoms with E-state index in [9.17, 15) is 8.42 Å². The summed E-state index contributed by atoms with van der Waals surface area (Å²) in [6, 6.07) is 12.4. The van der Waals surface area contributed by atoms with Gasteiger partial charge in [-0.3, -0.25) is 0 Å². The smallest absolute Gasteiger partial charge is 0.339 e. The summed E-state index contributed by atoms with van der Waals surface area (Å²) in [6.45, 7) is 0. The highest BCUT2D eigenvalue weighted by Gasteiger charge is 2.20. The Hall–Kier alpha value is -2.54. The number of methoxy groups -OCH3 is 1. The molecular weight excluding hydrogens is 294 g/mol. The molecule has 21 heavy (non-hydrogen) atoms. The molecule has 0 saturated carbocycles. The van der Waals surface area contributed by atoms with Gasteiger partial charge in [0.15, 0.2) is 11.5 Å². The fourth-order valence-corrected chi connectivity index (χ4v) is 2.68. The van der Waals surface area contributed by atoms with Crippen LogP contribution in [0.15, 0.2) is 58.6 Å². The molecule has 0 radical (unpaired) electrons. The lowest BCUT2D eigenvalue weighted by Crippen LogP contribution is -2.11. The lowest BCUT2D eigenvalue weighted by Gasteiger charge is -2.12. The Morgan fingerprint density at radius 2 is 1.81 bits per heavy atom. The van der Waals surface area contributed by atoms with Gasteiger partial charge in [-0.2, -0.15) is 8.42 Å². The van der Waals surface area contributed by atoms with E-state index in [1.807, 2.05) is 0 Å². The number of nitrogens with zero attached hydrogens (tertiary/aromatic N) is 1. The number of para-hydroxylation sites is 1. The molecule has 2 rings (SSSR count). The SMILES string of the molecule is COc1cccc(/C=N\O)c1OS(=O)(=O)c1ccccc1. The third kappa shape index (κ3) is 3.32. The highest BCUT2D eigenvalue weighted by molar-refractivity contribution is 7.87. The molecule has 0 aliphatic rings. The largest absolute Gasteiger partial charge is 0.493 e. The van der Waals surface area contributed by atoms with E-state index >= 15 is 0 Å². The predicted molar refractivity (Wildman–Crippen MR) is 76.6 cm³/mol. The van der Waals surface area contributed by atoms with Gasteiger partial charge in [-0.25, -0.2) is 0 Å². The first-order valence-corrected chi connectivity index (χ1v) is 7.33. The highest BCUT2D eigenvalue weighted by atomic mass is 32.2. The van der Waals surface area contributed by atoms with Crippen molar-refractivity contribution in [2.75, 3.05) is 7.11 Å². The van der Waals surface area contributed by atoms with Crippen LogP contribution >= 0.6 is 0 Å². The van der Waals surface area contributed by atoms with Crippen LogP contribution in [0.5, 0.6) is 11.5 Å². The van der Waals surface area contributed by atoms with Crippen molar-refractivity contribution in [1.29, 1.82) is 0 Å². The molecule has 0 spiro atoms. The van der Waals surface area contributed by atoms with Gasteiger partial charge >= 0.3 is 10.1 Å². The van der Waals surface area contributed by atoms with Crippen LogP contribution in [-0.2, 0) is 10.1 Å². The first-order chi connectivity index (χ1) is 10.1. The van der Waals surface area contributed by atoms with E-state index in [0.717, 1.165) is 6.21 Å². The lowest BCUT2D eigenvalue weighted by atomic mass is 10.2. The van der Waals surface area contributed by atoms with Gasteiger partial charge in [-0.15, -0.1) is 0 Å². The molecule has 6 nitrogen and oxygen atoms in total. The third-order valence-electron chi connectivity index (χ3n) is 2.65. The van der Waals surface area contributed by atoms with Crippen LogP contribution in [0.2, 0.25) is 0 Å². The van der Waals surface area contributed by atoms with Crippen molar-refractivity contribution in [2.45, 2.75) is 4.90 Å². The Kier molecular flexibility index (Phi) is 4.44. The fraction of sp³-hybridized carbons (Fsp3) is 0.0714. The van der Waals surface area contributed by atoms with Crippen molar-refractivity contribution in [3.63, 3.8) is 0 Å². The van der Waals surface area contributed by atoms with Gasteiger partial charge in [-0.1, -0.05) is 29.4 Å². The molecule has 0 aromatic heterocycles. The maximum absolute atomic E-state index is 12.2. The lowest BCUT2D eigenvalue weighted by molar-refractivity contribution is 0.321. The zero-order valence-corrected chi connectivity index (χ0v) is 11.9. The summed E-state index contributed by atoms with van der Waals surface area (Å²) in [5, 5.41) is 11.5. The summed E-state index contributed by atoms with van der Waals surface area (Å²) in [5.41, 5.74) is 0.274. The van der Waals surface area contributed by atoms with Gasteiger partial charge in [0.1, 0.15) is 4.90 Å². The van der Waals surface area contributed by atoms with Crippen molar-refractivity contribution in [1.82, 2.24) is 0 Å². The van der Waals surface area contributed by atoms with Gasteiger partial charge < -0.3 is 14.1 Å². The summed E-state index contributed by atoms with van der Waals surface area (Å²) in [7, 11) is -2.62. The predicted octanol–water partition coefficient (Wildman–Crippen LogP) is 2.27. The molecule has 0 fully saturated rings. The van der Waals surface area contributed by atoms with Gasteiger partial charge in [0.05, 0.1) is 13.3 Å². The van der Waals surface area contributed by atoms with Crippen LogP contribution in [0.3, 0.4) is 0 Å². The van der Waals surface area contributed by atoms with Gasteiger partial charge in [-0.05, 0) is 24.3 Å². The summed E-state index contributed by atoms with van der Waals surface area (Å²) >= 11 is 0. The van der Waals surface area contributed by atoms with Crippen LogP contribution in [0.4, 0.5) is 0 Å². The maximum atomic E-state index is 12.2. The molecule has 0 amide bonds. The molecule has 0 unspecified atom stereocenters. The van der Waals surface area contributed by atoms with Crippen LogP contribution in [-0.4, -0.2) is 26.9 Å². The normalized spacial score (nSPS) is 11.5. The van der Waals surface area contributed by atoms with E-state index in [2.05, 4.69) is 5.16 Å². The number of benzene rings is 2. The van der Waals surface area contributed by atoms with E-state index in [4.69, 9.17) is 14.1 Å². The van der Waals surface area contributed by atoms with Crippen LogP contribution in [0.1, 0.15) is 5.56 Å². The third-order valence-corrected chi connectivity index (χ3v) is 3.89. The van der Waals surface area contributed by atoms with Crippen molar-refractivity contribution in [3.05, 3.63) is 54.1 Å². The molecule has 1 N–H and O–H groups in total. The molecule has 0 aliphatic heterocycles. The van der Waals surface area contributed by atoms with E-state index in [1.165, 1.54) is 25.3 Å². The molecule has 2 aromatic carbocycles. The average Bonchev–Trinajstić information content (AvgIpc) is 2.50. The Morgan fingerprint density at radius 1 is 1.10 bits per heavy atom. The molecule has 0 aliphatic carbocycles. The van der Waals surface area contributed by atoms with Gasteiger partial charge in [0, 0.05) is 5.56 Å². The molecule has 0 heterocycles. The summed E-state index contributed by atoms with van der Waals surface area (Å²) in [5.74, 6) is 0.175. The quantitative estimate of drug-likeness (QED) is 0.396. The van der Waals surface area contributed by atoms with E-state index in [-0.39, 0.29) is 22.0 Å². The van der Waals surface area contributed by atoms with Crippen LogP contribution in [0.25, 0.3) is 0 Å². The Labute approximate surface area is 122 Å². The zero-order valence-electron chi connectivity index (χ0n) is 11.1. The van der Waals surface area contributed by atoms with Crippen molar-refractivity contribution in [2.24, 2.45) is 5.16 Å². The molecule has 7 heteroatoms. The maximum Gasteiger partial charge on any atom is 0.339 e. The topological polar surface area (TPSA) is 85.2 Å². The van der Waals surface area contributed by atoms with E-state index in [1.54, 1.807) is 30.3 Å².